The maximum atomic E-state index is 12.7. The summed E-state index contributed by atoms with van der Waals surface area (Å²) in [4.78, 5) is 12.5. The molecule has 0 atom stereocenters. The minimum absolute atomic E-state index is 0.0622. The third kappa shape index (κ3) is 4.89. The third-order valence-electron chi connectivity index (χ3n) is 4.18. The monoisotopic (exact) mass is 405 g/mol. The van der Waals surface area contributed by atoms with Crippen LogP contribution in [0.5, 0.6) is 11.5 Å². The number of hydrogen-bond acceptors (Lipinski definition) is 6. The van der Waals surface area contributed by atoms with Crippen LogP contribution in [0.3, 0.4) is 0 Å². The van der Waals surface area contributed by atoms with Gasteiger partial charge in [0.15, 0.2) is 0 Å². The van der Waals surface area contributed by atoms with E-state index in [1.165, 1.54) is 28.6 Å². The molecular formula is C20H23NO6S. The predicted molar refractivity (Wildman–Crippen MR) is 103 cm³/mol. The van der Waals surface area contributed by atoms with E-state index in [1.54, 1.807) is 24.3 Å². The highest BCUT2D eigenvalue weighted by atomic mass is 32.2. The molecule has 2 aromatic carbocycles. The number of esters is 1. The van der Waals surface area contributed by atoms with Gasteiger partial charge in [-0.3, -0.25) is 0 Å². The van der Waals surface area contributed by atoms with Crippen LogP contribution in [-0.2, 0) is 14.8 Å². The lowest BCUT2D eigenvalue weighted by molar-refractivity contribution is 0.0727. The largest absolute Gasteiger partial charge is 0.494 e. The van der Waals surface area contributed by atoms with Crippen LogP contribution in [0.4, 0.5) is 0 Å². The van der Waals surface area contributed by atoms with Crippen LogP contribution in [0.25, 0.3) is 0 Å². The molecule has 0 spiro atoms. The van der Waals surface area contributed by atoms with Gasteiger partial charge in [0, 0.05) is 13.1 Å². The lowest BCUT2D eigenvalue weighted by Gasteiger charge is -2.26. The quantitative estimate of drug-likeness (QED) is 0.520. The van der Waals surface area contributed by atoms with E-state index in [1.807, 2.05) is 6.92 Å². The van der Waals surface area contributed by atoms with Gasteiger partial charge in [-0.05, 0) is 48.9 Å². The van der Waals surface area contributed by atoms with Crippen molar-refractivity contribution in [2.45, 2.75) is 18.2 Å². The fraction of sp³-hybridized carbons (Fsp3) is 0.350. The molecule has 3 rings (SSSR count). The van der Waals surface area contributed by atoms with E-state index in [0.29, 0.717) is 44.4 Å². The first kappa shape index (κ1) is 20.3. The number of morpholine rings is 1. The van der Waals surface area contributed by atoms with E-state index in [-0.39, 0.29) is 10.5 Å². The van der Waals surface area contributed by atoms with Gasteiger partial charge in [0.05, 0.1) is 30.3 Å². The fourth-order valence-electron chi connectivity index (χ4n) is 2.71. The molecule has 1 fully saturated rings. The molecule has 150 valence electrons. The molecule has 2 aromatic rings. The van der Waals surface area contributed by atoms with E-state index in [4.69, 9.17) is 14.2 Å². The van der Waals surface area contributed by atoms with Crippen LogP contribution in [0.1, 0.15) is 23.7 Å². The average Bonchev–Trinajstić information content (AvgIpc) is 2.74. The third-order valence-corrected chi connectivity index (χ3v) is 6.08. The van der Waals surface area contributed by atoms with Crippen molar-refractivity contribution >= 4 is 16.0 Å². The molecule has 0 radical (unpaired) electrons. The van der Waals surface area contributed by atoms with Gasteiger partial charge in [-0.2, -0.15) is 4.31 Å². The highest BCUT2D eigenvalue weighted by Crippen LogP contribution is 2.21. The van der Waals surface area contributed by atoms with Crippen molar-refractivity contribution in [2.75, 3.05) is 32.9 Å². The summed E-state index contributed by atoms with van der Waals surface area (Å²) in [5.41, 5.74) is 0.167. The van der Waals surface area contributed by atoms with E-state index in [9.17, 15) is 13.2 Å². The summed E-state index contributed by atoms with van der Waals surface area (Å²) in [5.74, 6) is 0.428. The van der Waals surface area contributed by atoms with Crippen molar-refractivity contribution in [1.82, 2.24) is 4.31 Å². The Morgan fingerprint density at radius 3 is 2.43 bits per heavy atom. The molecule has 7 nitrogen and oxygen atoms in total. The molecular weight excluding hydrogens is 382 g/mol. The van der Waals surface area contributed by atoms with Crippen molar-refractivity contribution in [3.8, 4) is 11.5 Å². The molecule has 28 heavy (non-hydrogen) atoms. The van der Waals surface area contributed by atoms with Crippen molar-refractivity contribution in [3.05, 3.63) is 54.1 Å². The second kappa shape index (κ2) is 9.18. The van der Waals surface area contributed by atoms with Crippen LogP contribution in [0.15, 0.2) is 53.4 Å². The Morgan fingerprint density at radius 2 is 1.75 bits per heavy atom. The zero-order valence-corrected chi connectivity index (χ0v) is 16.5. The topological polar surface area (TPSA) is 82.1 Å². The Bertz CT molecular complexity index is 905. The number of carbonyl (C=O) groups excluding carboxylic acids is 1. The first-order valence-electron chi connectivity index (χ1n) is 9.13. The zero-order chi connectivity index (χ0) is 20.0. The van der Waals surface area contributed by atoms with Gasteiger partial charge < -0.3 is 14.2 Å². The molecule has 0 unspecified atom stereocenters. The maximum absolute atomic E-state index is 12.7. The molecule has 0 amide bonds. The number of nitrogens with zero attached hydrogens (tertiary/aromatic N) is 1. The van der Waals surface area contributed by atoms with Gasteiger partial charge in [0.2, 0.25) is 10.0 Å². The van der Waals surface area contributed by atoms with Gasteiger partial charge in [-0.25, -0.2) is 13.2 Å². The van der Waals surface area contributed by atoms with E-state index in [0.717, 1.165) is 6.42 Å². The molecule has 1 aliphatic rings. The second-order valence-electron chi connectivity index (χ2n) is 6.25. The highest BCUT2D eigenvalue weighted by Gasteiger charge is 2.27. The van der Waals surface area contributed by atoms with Gasteiger partial charge in [-0.1, -0.05) is 13.0 Å². The Labute approximate surface area is 164 Å². The number of hydrogen-bond donors (Lipinski definition) is 0. The second-order valence-corrected chi connectivity index (χ2v) is 8.19. The van der Waals surface area contributed by atoms with Crippen molar-refractivity contribution in [3.63, 3.8) is 0 Å². The molecule has 1 aliphatic heterocycles. The van der Waals surface area contributed by atoms with Gasteiger partial charge >= 0.3 is 5.97 Å². The SMILES string of the molecule is CCCOc1ccc(OC(=O)c2cccc(S(=O)(=O)N3CCOCC3)c2)cc1. The number of ether oxygens (including phenoxy) is 3. The van der Waals surface area contributed by atoms with Crippen molar-refractivity contribution in [2.24, 2.45) is 0 Å². The molecule has 1 heterocycles. The summed E-state index contributed by atoms with van der Waals surface area (Å²) in [6.45, 7) is 3.94. The zero-order valence-electron chi connectivity index (χ0n) is 15.7. The normalized spacial score (nSPS) is 15.2. The first-order chi connectivity index (χ1) is 13.5. The summed E-state index contributed by atoms with van der Waals surface area (Å²) in [6, 6.07) is 12.6. The molecule has 0 saturated carbocycles. The summed E-state index contributed by atoms with van der Waals surface area (Å²) in [5, 5.41) is 0. The maximum Gasteiger partial charge on any atom is 0.343 e. The van der Waals surface area contributed by atoms with Crippen LogP contribution in [0.2, 0.25) is 0 Å². The summed E-state index contributed by atoms with van der Waals surface area (Å²) >= 11 is 0. The Balaban J connectivity index is 1.71. The Morgan fingerprint density at radius 1 is 1.07 bits per heavy atom. The van der Waals surface area contributed by atoms with Crippen LogP contribution < -0.4 is 9.47 Å². The highest BCUT2D eigenvalue weighted by molar-refractivity contribution is 7.89. The van der Waals surface area contributed by atoms with Gasteiger partial charge in [-0.15, -0.1) is 0 Å². The Kier molecular flexibility index (Phi) is 6.66. The molecule has 0 aliphatic carbocycles. The predicted octanol–water partition coefficient (Wildman–Crippen LogP) is 2.72. The van der Waals surface area contributed by atoms with E-state index >= 15 is 0 Å². The first-order valence-corrected chi connectivity index (χ1v) is 10.6. The summed E-state index contributed by atoms with van der Waals surface area (Å²) in [7, 11) is -3.68. The smallest absolute Gasteiger partial charge is 0.343 e. The minimum atomic E-state index is -3.68. The van der Waals surface area contributed by atoms with Crippen LogP contribution in [-0.4, -0.2) is 51.6 Å². The van der Waals surface area contributed by atoms with Gasteiger partial charge in [0.1, 0.15) is 11.5 Å². The van der Waals surface area contributed by atoms with Crippen LogP contribution >= 0.6 is 0 Å². The molecule has 1 saturated heterocycles. The lowest BCUT2D eigenvalue weighted by Crippen LogP contribution is -2.40. The van der Waals surface area contributed by atoms with Crippen molar-refractivity contribution < 1.29 is 27.4 Å². The minimum Gasteiger partial charge on any atom is -0.494 e. The lowest BCUT2D eigenvalue weighted by atomic mass is 10.2. The number of sulfonamides is 1. The summed E-state index contributed by atoms with van der Waals surface area (Å²) < 4.78 is 42.9. The molecule has 0 aromatic heterocycles. The van der Waals surface area contributed by atoms with Gasteiger partial charge in [0.25, 0.3) is 0 Å². The molecule has 0 bridgehead atoms. The Hall–Kier alpha value is -2.42. The van der Waals surface area contributed by atoms with E-state index in [2.05, 4.69) is 0 Å². The van der Waals surface area contributed by atoms with Crippen LogP contribution in [0, 0.1) is 0 Å². The number of benzene rings is 2. The number of carbonyl (C=O) groups is 1. The van der Waals surface area contributed by atoms with E-state index < -0.39 is 16.0 Å². The average molecular weight is 405 g/mol. The number of rotatable bonds is 7. The van der Waals surface area contributed by atoms with Crippen molar-refractivity contribution in [1.29, 1.82) is 0 Å². The molecule has 8 heteroatoms. The fourth-order valence-corrected chi connectivity index (χ4v) is 4.16. The molecule has 0 N–H and O–H groups in total. The summed E-state index contributed by atoms with van der Waals surface area (Å²) in [6.07, 6.45) is 0.903. The standard InChI is InChI=1S/C20H23NO6S/c1-2-12-26-17-6-8-18(9-7-17)27-20(22)16-4-3-5-19(15-16)28(23,24)21-10-13-25-14-11-21/h3-9,15H,2,10-14H2,1H3.